The van der Waals surface area contributed by atoms with Crippen LogP contribution in [-0.2, 0) is 6.54 Å². The molecule has 0 saturated carbocycles. The molecule has 1 fully saturated rings. The number of halogens is 1. The standard InChI is InChI=1S/C15H19FN2O/c1-11(19)13-3-2-6-18(9-13)10-14-7-15(16)5-4-12(14)8-17/h4-5,7,11,13,19H,2-3,6,9-10H2,1H3. The molecule has 1 N–H and O–H groups in total. The van der Waals surface area contributed by atoms with Crippen molar-refractivity contribution in [2.45, 2.75) is 32.4 Å². The van der Waals surface area contributed by atoms with Gasteiger partial charge in [-0.1, -0.05) is 0 Å². The van der Waals surface area contributed by atoms with Crippen molar-refractivity contribution in [3.05, 3.63) is 35.1 Å². The highest BCUT2D eigenvalue weighted by molar-refractivity contribution is 5.37. The zero-order chi connectivity index (χ0) is 13.8. The van der Waals surface area contributed by atoms with Gasteiger partial charge in [-0.3, -0.25) is 4.90 Å². The Morgan fingerprint density at radius 3 is 3.05 bits per heavy atom. The third kappa shape index (κ3) is 3.52. The molecular formula is C15H19FN2O. The van der Waals surface area contributed by atoms with Crippen LogP contribution < -0.4 is 0 Å². The number of aliphatic hydroxyl groups is 1. The van der Waals surface area contributed by atoms with Crippen LogP contribution in [0, 0.1) is 23.1 Å². The van der Waals surface area contributed by atoms with E-state index >= 15 is 0 Å². The average Bonchev–Trinajstić information content (AvgIpc) is 2.39. The van der Waals surface area contributed by atoms with E-state index in [2.05, 4.69) is 11.0 Å². The van der Waals surface area contributed by atoms with Crippen LogP contribution in [0.4, 0.5) is 4.39 Å². The number of hydrogen-bond acceptors (Lipinski definition) is 3. The lowest BCUT2D eigenvalue weighted by Crippen LogP contribution is -2.39. The van der Waals surface area contributed by atoms with E-state index in [0.29, 0.717) is 12.1 Å². The van der Waals surface area contributed by atoms with Crippen LogP contribution in [0.5, 0.6) is 0 Å². The van der Waals surface area contributed by atoms with Crippen molar-refractivity contribution in [2.75, 3.05) is 13.1 Å². The molecule has 1 aromatic carbocycles. The minimum absolute atomic E-state index is 0.271. The third-order valence-electron chi connectivity index (χ3n) is 3.81. The molecule has 1 aliphatic rings. The van der Waals surface area contributed by atoms with Gasteiger partial charge < -0.3 is 5.11 Å². The Kier molecular flexibility index (Phi) is 4.52. The molecule has 102 valence electrons. The molecule has 1 heterocycles. The van der Waals surface area contributed by atoms with Gasteiger partial charge in [0.25, 0.3) is 0 Å². The van der Waals surface area contributed by atoms with Gasteiger partial charge in [-0.25, -0.2) is 4.39 Å². The van der Waals surface area contributed by atoms with Crippen LogP contribution in [-0.4, -0.2) is 29.2 Å². The summed E-state index contributed by atoms with van der Waals surface area (Å²) in [5, 5.41) is 18.7. The topological polar surface area (TPSA) is 47.3 Å². The van der Waals surface area contributed by atoms with Crippen LogP contribution >= 0.6 is 0 Å². The summed E-state index contributed by atoms with van der Waals surface area (Å²) in [6, 6.07) is 6.38. The van der Waals surface area contributed by atoms with E-state index in [4.69, 9.17) is 5.26 Å². The van der Waals surface area contributed by atoms with Crippen LogP contribution in [0.1, 0.15) is 30.9 Å². The summed E-state index contributed by atoms with van der Waals surface area (Å²) in [4.78, 5) is 2.19. The first-order valence-electron chi connectivity index (χ1n) is 6.69. The molecule has 0 amide bonds. The van der Waals surface area contributed by atoms with E-state index in [-0.39, 0.29) is 17.8 Å². The van der Waals surface area contributed by atoms with E-state index in [1.54, 1.807) is 0 Å². The second-order valence-corrected chi connectivity index (χ2v) is 5.29. The molecule has 0 aliphatic carbocycles. The Morgan fingerprint density at radius 1 is 1.58 bits per heavy atom. The lowest BCUT2D eigenvalue weighted by Gasteiger charge is -2.34. The number of piperidine rings is 1. The summed E-state index contributed by atoms with van der Waals surface area (Å²) in [6.45, 7) is 4.13. The Bertz CT molecular complexity index is 482. The third-order valence-corrected chi connectivity index (χ3v) is 3.81. The molecule has 0 spiro atoms. The summed E-state index contributed by atoms with van der Waals surface area (Å²) in [7, 11) is 0. The zero-order valence-corrected chi connectivity index (χ0v) is 11.1. The van der Waals surface area contributed by atoms with E-state index in [9.17, 15) is 9.50 Å². The predicted molar refractivity (Wildman–Crippen MR) is 70.8 cm³/mol. The highest BCUT2D eigenvalue weighted by Crippen LogP contribution is 2.22. The number of nitrogens with zero attached hydrogens (tertiary/aromatic N) is 2. The van der Waals surface area contributed by atoms with E-state index < -0.39 is 0 Å². The normalized spacial score (nSPS) is 21.9. The minimum Gasteiger partial charge on any atom is -0.393 e. The monoisotopic (exact) mass is 262 g/mol. The first-order chi connectivity index (χ1) is 9.10. The molecule has 0 bridgehead atoms. The van der Waals surface area contributed by atoms with Gasteiger partial charge in [0.2, 0.25) is 0 Å². The Hall–Kier alpha value is -1.44. The minimum atomic E-state index is -0.314. The Morgan fingerprint density at radius 2 is 2.37 bits per heavy atom. The van der Waals surface area contributed by atoms with Gasteiger partial charge in [0.05, 0.1) is 17.7 Å². The summed E-state index contributed by atoms with van der Waals surface area (Å²) in [5.74, 6) is -0.0362. The van der Waals surface area contributed by atoms with Crippen LogP contribution in [0.2, 0.25) is 0 Å². The number of benzene rings is 1. The van der Waals surface area contributed by atoms with Crippen molar-refractivity contribution in [1.82, 2.24) is 4.90 Å². The lowest BCUT2D eigenvalue weighted by atomic mass is 9.93. The summed E-state index contributed by atoms with van der Waals surface area (Å²) in [6.07, 6.45) is 1.75. The second kappa shape index (κ2) is 6.14. The smallest absolute Gasteiger partial charge is 0.123 e. The van der Waals surface area contributed by atoms with Gasteiger partial charge in [0, 0.05) is 13.1 Å². The van der Waals surface area contributed by atoms with E-state index in [0.717, 1.165) is 31.5 Å². The fourth-order valence-electron chi connectivity index (χ4n) is 2.67. The lowest BCUT2D eigenvalue weighted by molar-refractivity contribution is 0.0598. The summed E-state index contributed by atoms with van der Waals surface area (Å²) in [5.41, 5.74) is 1.26. The number of rotatable bonds is 3. The maximum absolute atomic E-state index is 13.3. The van der Waals surface area contributed by atoms with Crippen LogP contribution in [0.15, 0.2) is 18.2 Å². The fourth-order valence-corrected chi connectivity index (χ4v) is 2.67. The highest BCUT2D eigenvalue weighted by Gasteiger charge is 2.23. The molecule has 0 radical (unpaired) electrons. The number of aliphatic hydroxyl groups excluding tert-OH is 1. The van der Waals surface area contributed by atoms with Crippen molar-refractivity contribution >= 4 is 0 Å². The van der Waals surface area contributed by atoms with Gasteiger partial charge in [-0.05, 0) is 56.0 Å². The molecule has 1 aromatic rings. The largest absolute Gasteiger partial charge is 0.393 e. The summed E-state index contributed by atoms with van der Waals surface area (Å²) < 4.78 is 13.3. The van der Waals surface area contributed by atoms with Gasteiger partial charge in [-0.15, -0.1) is 0 Å². The van der Waals surface area contributed by atoms with Gasteiger partial charge in [0.15, 0.2) is 0 Å². The SMILES string of the molecule is CC(O)C1CCCN(Cc2cc(F)ccc2C#N)C1. The molecule has 0 aromatic heterocycles. The van der Waals surface area contributed by atoms with Crippen molar-refractivity contribution in [3.63, 3.8) is 0 Å². The zero-order valence-electron chi connectivity index (χ0n) is 11.1. The first kappa shape index (κ1) is 14.0. The predicted octanol–water partition coefficient (Wildman–Crippen LogP) is 2.29. The van der Waals surface area contributed by atoms with Crippen molar-refractivity contribution in [3.8, 4) is 6.07 Å². The maximum Gasteiger partial charge on any atom is 0.123 e. The molecule has 19 heavy (non-hydrogen) atoms. The van der Waals surface area contributed by atoms with E-state index in [1.165, 1.54) is 18.2 Å². The molecule has 4 heteroatoms. The molecule has 2 atom stereocenters. The van der Waals surface area contributed by atoms with E-state index in [1.807, 2.05) is 6.92 Å². The Balaban J connectivity index is 2.09. The molecule has 2 rings (SSSR count). The molecule has 2 unspecified atom stereocenters. The quantitative estimate of drug-likeness (QED) is 0.909. The van der Waals surface area contributed by atoms with Crippen LogP contribution in [0.25, 0.3) is 0 Å². The molecule has 1 saturated heterocycles. The number of nitriles is 1. The van der Waals surface area contributed by atoms with Crippen molar-refractivity contribution in [2.24, 2.45) is 5.92 Å². The first-order valence-corrected chi connectivity index (χ1v) is 6.69. The van der Waals surface area contributed by atoms with Gasteiger partial charge in [0.1, 0.15) is 5.82 Å². The molecular weight excluding hydrogens is 243 g/mol. The summed E-state index contributed by atoms with van der Waals surface area (Å²) >= 11 is 0. The maximum atomic E-state index is 13.3. The molecule has 1 aliphatic heterocycles. The van der Waals surface area contributed by atoms with Gasteiger partial charge in [-0.2, -0.15) is 5.26 Å². The Labute approximate surface area is 113 Å². The highest BCUT2D eigenvalue weighted by atomic mass is 19.1. The van der Waals surface area contributed by atoms with Crippen molar-refractivity contribution < 1.29 is 9.50 Å². The van der Waals surface area contributed by atoms with Crippen molar-refractivity contribution in [1.29, 1.82) is 5.26 Å². The number of likely N-dealkylation sites (tertiary alicyclic amines) is 1. The molecule has 3 nitrogen and oxygen atoms in total. The second-order valence-electron chi connectivity index (χ2n) is 5.29. The van der Waals surface area contributed by atoms with Crippen LogP contribution in [0.3, 0.4) is 0 Å². The fraction of sp³-hybridized carbons (Fsp3) is 0.533. The van der Waals surface area contributed by atoms with Gasteiger partial charge >= 0.3 is 0 Å². The average molecular weight is 262 g/mol. The number of hydrogen-bond donors (Lipinski definition) is 1.